The quantitative estimate of drug-likeness (QED) is 0.780. The largest absolute Gasteiger partial charge is 0.353 e. The number of hydrogen-bond donors (Lipinski definition) is 1. The first-order valence-corrected chi connectivity index (χ1v) is 5.96. The van der Waals surface area contributed by atoms with Gasteiger partial charge in [-0.2, -0.15) is 0 Å². The standard InChI is InChI=1S/C12H23N3/c1-5-8-15-9-7-13-12(15)14-11(4)10(3)6-2/h7,9-11H,5-6,8H2,1-4H3,(H,13,14). The van der Waals surface area contributed by atoms with E-state index in [1.54, 1.807) is 0 Å². The lowest BCUT2D eigenvalue weighted by atomic mass is 10.0. The second-order valence-electron chi connectivity index (χ2n) is 4.26. The minimum absolute atomic E-state index is 0.480. The molecule has 0 aliphatic heterocycles. The summed E-state index contributed by atoms with van der Waals surface area (Å²) < 4.78 is 2.18. The summed E-state index contributed by atoms with van der Waals surface area (Å²) in [7, 11) is 0. The second-order valence-corrected chi connectivity index (χ2v) is 4.26. The Bertz CT molecular complexity index is 280. The molecule has 0 aliphatic carbocycles. The molecule has 1 aromatic heterocycles. The van der Waals surface area contributed by atoms with E-state index < -0.39 is 0 Å². The molecule has 3 nitrogen and oxygen atoms in total. The highest BCUT2D eigenvalue weighted by atomic mass is 15.2. The predicted octanol–water partition coefficient (Wildman–Crippen LogP) is 3.14. The van der Waals surface area contributed by atoms with Gasteiger partial charge < -0.3 is 9.88 Å². The first kappa shape index (κ1) is 12.1. The van der Waals surface area contributed by atoms with Crippen LogP contribution in [0.15, 0.2) is 12.4 Å². The highest BCUT2D eigenvalue weighted by molar-refractivity contribution is 5.27. The zero-order chi connectivity index (χ0) is 11.3. The second kappa shape index (κ2) is 5.79. The molecule has 1 heterocycles. The normalized spacial score (nSPS) is 14.9. The van der Waals surface area contributed by atoms with Crippen molar-refractivity contribution in [2.45, 2.75) is 53.1 Å². The Morgan fingerprint density at radius 2 is 2.13 bits per heavy atom. The first-order chi connectivity index (χ1) is 7.19. The van der Waals surface area contributed by atoms with Gasteiger partial charge in [-0.1, -0.05) is 27.2 Å². The third-order valence-electron chi connectivity index (χ3n) is 3.03. The summed E-state index contributed by atoms with van der Waals surface area (Å²) in [5, 5.41) is 3.48. The van der Waals surface area contributed by atoms with Crippen molar-refractivity contribution in [2.24, 2.45) is 5.92 Å². The van der Waals surface area contributed by atoms with Crippen LogP contribution in [-0.2, 0) is 6.54 Å². The molecular weight excluding hydrogens is 186 g/mol. The van der Waals surface area contributed by atoms with E-state index in [-0.39, 0.29) is 0 Å². The van der Waals surface area contributed by atoms with Crippen molar-refractivity contribution in [1.82, 2.24) is 9.55 Å². The molecule has 0 bridgehead atoms. The van der Waals surface area contributed by atoms with Gasteiger partial charge in [-0.05, 0) is 19.3 Å². The SMILES string of the molecule is CCCn1ccnc1NC(C)C(C)CC. The Kier molecular flexibility index (Phi) is 4.66. The first-order valence-electron chi connectivity index (χ1n) is 5.96. The zero-order valence-corrected chi connectivity index (χ0v) is 10.3. The minimum atomic E-state index is 0.480. The van der Waals surface area contributed by atoms with Crippen LogP contribution in [0.4, 0.5) is 5.95 Å². The van der Waals surface area contributed by atoms with E-state index in [0.717, 1.165) is 18.9 Å². The molecule has 0 saturated heterocycles. The summed E-state index contributed by atoms with van der Waals surface area (Å²) in [5.41, 5.74) is 0. The Morgan fingerprint density at radius 3 is 2.73 bits per heavy atom. The third kappa shape index (κ3) is 3.26. The fraction of sp³-hybridized carbons (Fsp3) is 0.750. The molecule has 2 atom stereocenters. The van der Waals surface area contributed by atoms with Crippen molar-refractivity contribution in [2.75, 3.05) is 5.32 Å². The summed E-state index contributed by atoms with van der Waals surface area (Å²) in [4.78, 5) is 4.34. The lowest BCUT2D eigenvalue weighted by Crippen LogP contribution is -2.25. The predicted molar refractivity (Wildman–Crippen MR) is 65.1 cm³/mol. The van der Waals surface area contributed by atoms with E-state index in [0.29, 0.717) is 12.0 Å². The summed E-state index contributed by atoms with van der Waals surface area (Å²) >= 11 is 0. The van der Waals surface area contributed by atoms with Crippen molar-refractivity contribution in [3.8, 4) is 0 Å². The van der Waals surface area contributed by atoms with Crippen molar-refractivity contribution in [3.05, 3.63) is 12.4 Å². The van der Waals surface area contributed by atoms with Crippen molar-refractivity contribution in [1.29, 1.82) is 0 Å². The Morgan fingerprint density at radius 1 is 1.40 bits per heavy atom. The fourth-order valence-electron chi connectivity index (χ4n) is 1.57. The molecular formula is C12H23N3. The fourth-order valence-corrected chi connectivity index (χ4v) is 1.57. The van der Waals surface area contributed by atoms with Gasteiger partial charge in [0.05, 0.1) is 0 Å². The highest BCUT2D eigenvalue weighted by Crippen LogP contribution is 2.13. The molecule has 0 amide bonds. The van der Waals surface area contributed by atoms with Gasteiger partial charge in [0.1, 0.15) is 0 Å². The Balaban J connectivity index is 2.59. The van der Waals surface area contributed by atoms with Gasteiger partial charge in [0, 0.05) is 25.0 Å². The zero-order valence-electron chi connectivity index (χ0n) is 10.3. The number of anilines is 1. The molecule has 3 heteroatoms. The molecule has 0 aliphatic rings. The molecule has 15 heavy (non-hydrogen) atoms. The minimum Gasteiger partial charge on any atom is -0.353 e. The van der Waals surface area contributed by atoms with Crippen LogP contribution in [0.5, 0.6) is 0 Å². The van der Waals surface area contributed by atoms with Crippen LogP contribution in [0.3, 0.4) is 0 Å². The van der Waals surface area contributed by atoms with Gasteiger partial charge in [0.25, 0.3) is 0 Å². The number of aryl methyl sites for hydroxylation is 1. The van der Waals surface area contributed by atoms with E-state index >= 15 is 0 Å². The molecule has 1 rings (SSSR count). The molecule has 2 unspecified atom stereocenters. The summed E-state index contributed by atoms with van der Waals surface area (Å²) in [6, 6.07) is 0.480. The number of aromatic nitrogens is 2. The van der Waals surface area contributed by atoms with Gasteiger partial charge in [-0.25, -0.2) is 4.98 Å². The smallest absolute Gasteiger partial charge is 0.202 e. The Labute approximate surface area is 92.9 Å². The van der Waals surface area contributed by atoms with Crippen LogP contribution >= 0.6 is 0 Å². The lowest BCUT2D eigenvalue weighted by Gasteiger charge is -2.21. The maximum atomic E-state index is 4.34. The van der Waals surface area contributed by atoms with E-state index in [4.69, 9.17) is 0 Å². The molecule has 86 valence electrons. The monoisotopic (exact) mass is 209 g/mol. The van der Waals surface area contributed by atoms with Crippen LogP contribution in [0.1, 0.15) is 40.5 Å². The highest BCUT2D eigenvalue weighted by Gasteiger charge is 2.11. The summed E-state index contributed by atoms with van der Waals surface area (Å²) in [6.07, 6.45) is 6.24. The van der Waals surface area contributed by atoms with Gasteiger partial charge in [0.15, 0.2) is 0 Å². The van der Waals surface area contributed by atoms with Crippen LogP contribution in [-0.4, -0.2) is 15.6 Å². The van der Waals surface area contributed by atoms with Gasteiger partial charge in [0.2, 0.25) is 5.95 Å². The number of rotatable bonds is 6. The van der Waals surface area contributed by atoms with Crippen LogP contribution in [0.2, 0.25) is 0 Å². The number of nitrogens with zero attached hydrogens (tertiary/aromatic N) is 2. The van der Waals surface area contributed by atoms with Crippen molar-refractivity contribution < 1.29 is 0 Å². The molecule has 1 aromatic rings. The van der Waals surface area contributed by atoms with Gasteiger partial charge in [-0.15, -0.1) is 0 Å². The molecule has 0 fully saturated rings. The van der Waals surface area contributed by atoms with Crippen molar-refractivity contribution >= 4 is 5.95 Å². The van der Waals surface area contributed by atoms with Gasteiger partial charge >= 0.3 is 0 Å². The molecule has 0 spiro atoms. The Hall–Kier alpha value is -0.990. The number of hydrogen-bond acceptors (Lipinski definition) is 2. The van der Waals surface area contributed by atoms with Crippen LogP contribution in [0.25, 0.3) is 0 Å². The maximum absolute atomic E-state index is 4.34. The van der Waals surface area contributed by atoms with Gasteiger partial charge in [-0.3, -0.25) is 0 Å². The van der Waals surface area contributed by atoms with E-state index in [2.05, 4.69) is 42.6 Å². The summed E-state index contributed by atoms with van der Waals surface area (Å²) in [5.74, 6) is 1.68. The average molecular weight is 209 g/mol. The summed E-state index contributed by atoms with van der Waals surface area (Å²) in [6.45, 7) is 9.93. The number of imidazole rings is 1. The number of nitrogens with one attached hydrogen (secondary N) is 1. The van der Waals surface area contributed by atoms with E-state index in [1.807, 2.05) is 12.4 Å². The molecule has 0 aromatic carbocycles. The topological polar surface area (TPSA) is 29.9 Å². The van der Waals surface area contributed by atoms with Crippen LogP contribution < -0.4 is 5.32 Å². The van der Waals surface area contributed by atoms with E-state index in [9.17, 15) is 0 Å². The molecule has 0 radical (unpaired) electrons. The molecule has 1 N–H and O–H groups in total. The van der Waals surface area contributed by atoms with E-state index in [1.165, 1.54) is 6.42 Å². The average Bonchev–Trinajstić information content (AvgIpc) is 2.65. The molecule has 0 saturated carbocycles. The van der Waals surface area contributed by atoms with Crippen LogP contribution in [0, 0.1) is 5.92 Å². The lowest BCUT2D eigenvalue weighted by molar-refractivity contribution is 0.489. The van der Waals surface area contributed by atoms with Crippen molar-refractivity contribution in [3.63, 3.8) is 0 Å². The third-order valence-corrected chi connectivity index (χ3v) is 3.03. The maximum Gasteiger partial charge on any atom is 0.202 e.